The van der Waals surface area contributed by atoms with Crippen molar-refractivity contribution in [2.24, 2.45) is 5.73 Å². The number of hydrogen-bond acceptors (Lipinski definition) is 9. The van der Waals surface area contributed by atoms with E-state index in [1.54, 1.807) is 0 Å². The molecule has 0 spiro atoms. The van der Waals surface area contributed by atoms with Gasteiger partial charge in [-0.25, -0.2) is 0 Å². The first-order valence-corrected chi connectivity index (χ1v) is 8.88. The van der Waals surface area contributed by atoms with Crippen molar-refractivity contribution in [3.63, 3.8) is 0 Å². The van der Waals surface area contributed by atoms with E-state index in [2.05, 4.69) is 20.4 Å². The molecule has 138 valence electrons. The summed E-state index contributed by atoms with van der Waals surface area (Å²) in [5.41, 5.74) is 5.09. The third kappa shape index (κ3) is 4.00. The fourth-order valence-corrected chi connectivity index (χ4v) is 3.47. The third-order valence-corrected chi connectivity index (χ3v) is 5.13. The minimum atomic E-state index is -0.712. The molecule has 0 saturated carbocycles. The number of hydrogen-bond donors (Lipinski definition) is 2. The molecule has 11 heteroatoms. The van der Waals surface area contributed by atoms with Gasteiger partial charge in [-0.2, -0.15) is 4.98 Å². The molecule has 0 aliphatic carbocycles. The molecular weight excluding hydrogens is 360 g/mol. The lowest BCUT2D eigenvalue weighted by atomic mass is 10.2. The Balaban J connectivity index is 1.71. The fraction of sp³-hybridized carbons (Fsp3) is 0.400. The highest BCUT2D eigenvalue weighted by Crippen LogP contribution is 2.32. The maximum Gasteiger partial charge on any atom is 0.283 e. The van der Waals surface area contributed by atoms with Crippen molar-refractivity contribution in [2.45, 2.75) is 16.7 Å². The third-order valence-electron chi connectivity index (χ3n) is 4.08. The van der Waals surface area contributed by atoms with Gasteiger partial charge in [0, 0.05) is 31.3 Å². The number of carbonyl (C=O) groups excluding carboxylic acids is 1. The second kappa shape index (κ2) is 7.81. The van der Waals surface area contributed by atoms with Gasteiger partial charge in [0.2, 0.25) is 11.8 Å². The number of thioether (sulfide) groups is 1. The van der Waals surface area contributed by atoms with Gasteiger partial charge in [0.15, 0.2) is 5.82 Å². The normalized spacial score (nSPS) is 18.0. The second-order valence-electron chi connectivity index (χ2n) is 5.84. The van der Waals surface area contributed by atoms with Crippen molar-refractivity contribution in [1.82, 2.24) is 20.4 Å². The molecule has 1 amide bonds. The van der Waals surface area contributed by atoms with E-state index in [1.807, 2.05) is 7.05 Å². The first-order chi connectivity index (χ1) is 12.5. The first-order valence-electron chi connectivity index (χ1n) is 7.90. The Hall–Kier alpha value is -2.50. The average molecular weight is 378 g/mol. The van der Waals surface area contributed by atoms with Crippen LogP contribution >= 0.6 is 11.8 Å². The smallest absolute Gasteiger partial charge is 0.283 e. The van der Waals surface area contributed by atoms with E-state index in [-0.39, 0.29) is 23.0 Å². The van der Waals surface area contributed by atoms with Gasteiger partial charge in [0.25, 0.3) is 5.69 Å². The molecule has 1 aromatic heterocycles. The van der Waals surface area contributed by atoms with Crippen LogP contribution in [0.3, 0.4) is 0 Å². The van der Waals surface area contributed by atoms with Gasteiger partial charge in [-0.1, -0.05) is 5.16 Å². The van der Waals surface area contributed by atoms with Gasteiger partial charge in [-0.05, 0) is 19.2 Å². The molecule has 1 atom stereocenters. The number of aromatic nitrogens is 2. The zero-order valence-electron chi connectivity index (χ0n) is 14.0. The van der Waals surface area contributed by atoms with Crippen LogP contribution in [0.25, 0.3) is 0 Å². The maximum atomic E-state index is 11.2. The summed E-state index contributed by atoms with van der Waals surface area (Å²) >= 11 is 1.19. The number of nitrogens with zero attached hydrogens (tertiary/aromatic N) is 4. The largest absolute Gasteiger partial charge is 0.366 e. The average Bonchev–Trinajstić information content (AvgIpc) is 3.08. The summed E-state index contributed by atoms with van der Waals surface area (Å²) in [5, 5.41) is 18.5. The van der Waals surface area contributed by atoms with Crippen LogP contribution in [-0.2, 0) is 5.75 Å². The molecule has 1 unspecified atom stereocenters. The molecule has 3 N–H and O–H groups in total. The lowest BCUT2D eigenvalue weighted by molar-refractivity contribution is -0.387. The van der Waals surface area contributed by atoms with E-state index >= 15 is 0 Å². The van der Waals surface area contributed by atoms with Crippen LogP contribution < -0.4 is 11.1 Å². The molecule has 10 nitrogen and oxygen atoms in total. The summed E-state index contributed by atoms with van der Waals surface area (Å²) in [6, 6.07) is 4.17. The number of amides is 1. The molecule has 26 heavy (non-hydrogen) atoms. The molecule has 1 aromatic carbocycles. The Morgan fingerprint density at radius 1 is 1.58 bits per heavy atom. The Kier molecular flexibility index (Phi) is 5.49. The van der Waals surface area contributed by atoms with Crippen LogP contribution in [0.1, 0.15) is 28.1 Å². The number of nitro benzene ring substituents is 1. The summed E-state index contributed by atoms with van der Waals surface area (Å²) in [5.74, 6) is 0.552. The summed E-state index contributed by atoms with van der Waals surface area (Å²) in [7, 11) is 2.00. The molecule has 1 fully saturated rings. The van der Waals surface area contributed by atoms with Crippen LogP contribution in [0.2, 0.25) is 0 Å². The van der Waals surface area contributed by atoms with E-state index < -0.39 is 10.8 Å². The SMILES string of the molecule is CN1CCNCC1c1noc(CSc2ccc(C(N)=O)cc2[N+](=O)[O-])n1. The molecular formula is C15H18N6O4S. The molecule has 1 aliphatic rings. The number of likely N-dealkylation sites (N-methyl/N-ethyl adjacent to an activating group) is 1. The molecule has 3 rings (SSSR count). The highest BCUT2D eigenvalue weighted by Gasteiger charge is 2.25. The number of nitrogens with one attached hydrogen (secondary N) is 1. The first kappa shape index (κ1) is 18.3. The highest BCUT2D eigenvalue weighted by molar-refractivity contribution is 7.98. The fourth-order valence-electron chi connectivity index (χ4n) is 2.63. The van der Waals surface area contributed by atoms with Gasteiger partial charge < -0.3 is 15.6 Å². The number of carbonyl (C=O) groups is 1. The van der Waals surface area contributed by atoms with Crippen molar-refractivity contribution in [3.8, 4) is 0 Å². The van der Waals surface area contributed by atoms with E-state index in [4.69, 9.17) is 10.3 Å². The van der Waals surface area contributed by atoms with E-state index in [0.29, 0.717) is 16.6 Å². The quantitative estimate of drug-likeness (QED) is 0.427. The summed E-state index contributed by atoms with van der Waals surface area (Å²) in [6.45, 7) is 2.54. The van der Waals surface area contributed by atoms with Gasteiger partial charge in [-0.3, -0.25) is 19.8 Å². The lowest BCUT2D eigenvalue weighted by Crippen LogP contribution is -2.44. The predicted octanol–water partition coefficient (Wildman–Crippen LogP) is 0.945. The number of primary amides is 1. The van der Waals surface area contributed by atoms with Gasteiger partial charge in [-0.15, -0.1) is 11.8 Å². The number of nitrogens with two attached hydrogens (primary N) is 1. The summed E-state index contributed by atoms with van der Waals surface area (Å²) in [6.07, 6.45) is 0. The molecule has 0 radical (unpaired) electrons. The Morgan fingerprint density at radius 2 is 2.38 bits per heavy atom. The van der Waals surface area contributed by atoms with Crippen molar-refractivity contribution in [2.75, 3.05) is 26.7 Å². The molecule has 1 saturated heterocycles. The zero-order chi connectivity index (χ0) is 18.7. The van der Waals surface area contributed by atoms with Gasteiger partial charge in [0.1, 0.15) is 0 Å². The standard InChI is InChI=1S/C15H18N6O4S/c1-20-5-4-17-7-11(20)15-18-13(25-19-15)8-26-12-3-2-9(14(16)22)6-10(12)21(23)24/h2-3,6,11,17H,4-5,7-8H2,1H3,(H2,16,22). The van der Waals surface area contributed by atoms with Crippen molar-refractivity contribution >= 4 is 23.4 Å². The molecule has 0 bridgehead atoms. The number of nitro groups is 1. The summed E-state index contributed by atoms with van der Waals surface area (Å²) < 4.78 is 5.27. The summed E-state index contributed by atoms with van der Waals surface area (Å²) in [4.78, 5) is 28.8. The Labute approximate surface area is 153 Å². The monoisotopic (exact) mass is 378 g/mol. The van der Waals surface area contributed by atoms with E-state index in [1.165, 1.54) is 30.0 Å². The zero-order valence-corrected chi connectivity index (χ0v) is 14.9. The lowest BCUT2D eigenvalue weighted by Gasteiger charge is -2.30. The van der Waals surface area contributed by atoms with Crippen LogP contribution in [0.4, 0.5) is 5.69 Å². The van der Waals surface area contributed by atoms with Gasteiger partial charge >= 0.3 is 0 Å². The number of rotatable bonds is 6. The minimum Gasteiger partial charge on any atom is -0.366 e. The predicted molar refractivity (Wildman–Crippen MR) is 93.7 cm³/mol. The van der Waals surface area contributed by atoms with Crippen LogP contribution in [0.15, 0.2) is 27.6 Å². The van der Waals surface area contributed by atoms with Crippen molar-refractivity contribution in [1.29, 1.82) is 0 Å². The Morgan fingerprint density at radius 3 is 3.08 bits per heavy atom. The minimum absolute atomic E-state index is 0.0374. The molecule has 2 aromatic rings. The molecule has 1 aliphatic heterocycles. The molecule has 2 heterocycles. The topological polar surface area (TPSA) is 140 Å². The van der Waals surface area contributed by atoms with Crippen molar-refractivity contribution in [3.05, 3.63) is 45.6 Å². The Bertz CT molecular complexity index is 826. The van der Waals surface area contributed by atoms with E-state index in [0.717, 1.165) is 19.6 Å². The maximum absolute atomic E-state index is 11.2. The number of piperazine rings is 1. The number of benzene rings is 1. The van der Waals surface area contributed by atoms with Crippen LogP contribution in [-0.4, -0.2) is 52.6 Å². The second-order valence-corrected chi connectivity index (χ2v) is 6.86. The van der Waals surface area contributed by atoms with Gasteiger partial charge in [0.05, 0.1) is 21.6 Å². The van der Waals surface area contributed by atoms with Crippen LogP contribution in [0.5, 0.6) is 0 Å². The van der Waals surface area contributed by atoms with Crippen LogP contribution in [0, 0.1) is 10.1 Å². The van der Waals surface area contributed by atoms with E-state index in [9.17, 15) is 14.9 Å². The highest BCUT2D eigenvalue weighted by atomic mass is 32.2. The van der Waals surface area contributed by atoms with Crippen molar-refractivity contribution < 1.29 is 14.2 Å².